The number of carboxylic acid groups (broad SMARTS) is 1. The van der Waals surface area contributed by atoms with Crippen molar-refractivity contribution in [2.45, 2.75) is 6.04 Å². The highest BCUT2D eigenvalue weighted by molar-refractivity contribution is 5.95. The molecule has 2 atom stereocenters. The zero-order valence-corrected chi connectivity index (χ0v) is 11.2. The molecule has 6 nitrogen and oxygen atoms in total. The second kappa shape index (κ2) is 6.15. The van der Waals surface area contributed by atoms with E-state index in [1.165, 1.54) is 0 Å². The maximum absolute atomic E-state index is 13.6. The first kappa shape index (κ1) is 15.3. The molecule has 0 radical (unpaired) electrons. The zero-order chi connectivity index (χ0) is 15.6. The Kier molecular flexibility index (Phi) is 4.49. The first-order chi connectivity index (χ1) is 9.93. The summed E-state index contributed by atoms with van der Waals surface area (Å²) < 4.78 is 32.1. The second-order valence-electron chi connectivity index (χ2n) is 4.65. The van der Waals surface area contributed by atoms with E-state index in [-0.39, 0.29) is 18.3 Å². The van der Waals surface area contributed by atoms with Crippen LogP contribution in [0.5, 0.6) is 0 Å². The third-order valence-corrected chi connectivity index (χ3v) is 3.33. The lowest BCUT2D eigenvalue weighted by Gasteiger charge is -2.17. The van der Waals surface area contributed by atoms with Crippen molar-refractivity contribution in [2.24, 2.45) is 5.92 Å². The lowest BCUT2D eigenvalue weighted by molar-refractivity contribution is -0.120. The van der Waals surface area contributed by atoms with Gasteiger partial charge >= 0.3 is 5.97 Å². The van der Waals surface area contributed by atoms with Gasteiger partial charge < -0.3 is 20.5 Å². The molecule has 3 N–H and O–H groups in total. The monoisotopic (exact) mass is 300 g/mol. The minimum absolute atomic E-state index is 0.173. The molecule has 0 bridgehead atoms. The summed E-state index contributed by atoms with van der Waals surface area (Å²) in [7, 11) is 1.67. The van der Waals surface area contributed by atoms with E-state index in [0.717, 1.165) is 6.07 Å². The number of aromatic carboxylic acids is 1. The molecule has 0 spiro atoms. The summed E-state index contributed by atoms with van der Waals surface area (Å²) in [6.07, 6.45) is 0. The van der Waals surface area contributed by atoms with Crippen molar-refractivity contribution in [2.75, 3.05) is 25.6 Å². The quantitative estimate of drug-likeness (QED) is 0.767. The molecule has 114 valence electrons. The summed E-state index contributed by atoms with van der Waals surface area (Å²) in [6, 6.07) is 0.974. The first-order valence-corrected chi connectivity index (χ1v) is 6.22. The Morgan fingerprint density at radius 1 is 1.29 bits per heavy atom. The Hall–Kier alpha value is -2.06. The molecule has 1 heterocycles. The van der Waals surface area contributed by atoms with Crippen LogP contribution in [0.15, 0.2) is 12.1 Å². The minimum atomic E-state index is -1.54. The van der Waals surface area contributed by atoms with Crippen LogP contribution in [0, 0.1) is 17.6 Å². The molecule has 0 aromatic heterocycles. The number of carbonyl (C=O) groups excluding carboxylic acids is 1. The van der Waals surface area contributed by atoms with Crippen LogP contribution in [0.4, 0.5) is 14.5 Å². The van der Waals surface area contributed by atoms with Gasteiger partial charge in [-0.05, 0) is 13.1 Å². The summed E-state index contributed by atoms with van der Waals surface area (Å²) in [5, 5.41) is 14.0. The van der Waals surface area contributed by atoms with Crippen molar-refractivity contribution in [3.8, 4) is 0 Å². The third-order valence-electron chi connectivity index (χ3n) is 3.33. The van der Waals surface area contributed by atoms with E-state index in [9.17, 15) is 18.4 Å². The molecule has 1 aliphatic rings. The summed E-state index contributed by atoms with van der Waals surface area (Å²) in [5.41, 5.74) is -1.08. The van der Waals surface area contributed by atoms with Crippen LogP contribution in [-0.4, -0.2) is 43.3 Å². The average molecular weight is 300 g/mol. The molecule has 1 amide bonds. The Labute approximate surface area is 119 Å². The maximum Gasteiger partial charge on any atom is 0.338 e. The van der Waals surface area contributed by atoms with Gasteiger partial charge in [-0.25, -0.2) is 13.6 Å². The fourth-order valence-electron chi connectivity index (χ4n) is 2.13. The lowest BCUT2D eigenvalue weighted by atomic mass is 10.0. The zero-order valence-electron chi connectivity index (χ0n) is 11.2. The molecule has 2 rings (SSSR count). The highest BCUT2D eigenvalue weighted by Gasteiger charge is 2.33. The molecular formula is C13H14F2N2O4. The number of nitrogens with one attached hydrogen (secondary N) is 2. The van der Waals surface area contributed by atoms with E-state index in [1.54, 1.807) is 7.05 Å². The number of ether oxygens (including phenoxy) is 1. The number of hydrogen-bond donors (Lipinski definition) is 3. The van der Waals surface area contributed by atoms with Crippen LogP contribution in [0.25, 0.3) is 0 Å². The van der Waals surface area contributed by atoms with Crippen molar-refractivity contribution in [1.82, 2.24) is 5.32 Å². The SMILES string of the molecule is CNC1COCC1C(=O)Nc1cc(C(=O)O)c(F)cc1F. The lowest BCUT2D eigenvalue weighted by Crippen LogP contribution is -2.39. The molecule has 8 heteroatoms. The van der Waals surface area contributed by atoms with E-state index < -0.39 is 35.0 Å². The smallest absolute Gasteiger partial charge is 0.338 e. The van der Waals surface area contributed by atoms with E-state index in [2.05, 4.69) is 10.6 Å². The topological polar surface area (TPSA) is 87.7 Å². The van der Waals surface area contributed by atoms with E-state index in [4.69, 9.17) is 9.84 Å². The number of anilines is 1. The van der Waals surface area contributed by atoms with Crippen molar-refractivity contribution < 1.29 is 28.2 Å². The summed E-state index contributed by atoms with van der Waals surface area (Å²) in [4.78, 5) is 22.9. The Morgan fingerprint density at radius 3 is 2.62 bits per heavy atom. The fourth-order valence-corrected chi connectivity index (χ4v) is 2.13. The van der Waals surface area contributed by atoms with E-state index in [1.807, 2.05) is 0 Å². The number of benzene rings is 1. The normalized spacial score (nSPS) is 21.3. The standard InChI is InChI=1S/C13H14F2N2O4/c1-16-11-5-21-4-7(11)12(18)17-10-2-6(13(19)20)8(14)3-9(10)15/h2-3,7,11,16H,4-5H2,1H3,(H,17,18)(H,19,20). The van der Waals surface area contributed by atoms with E-state index in [0.29, 0.717) is 12.7 Å². The van der Waals surface area contributed by atoms with Gasteiger partial charge in [-0.2, -0.15) is 0 Å². The van der Waals surface area contributed by atoms with Gasteiger partial charge in [0.15, 0.2) is 0 Å². The highest BCUT2D eigenvalue weighted by atomic mass is 19.1. The van der Waals surface area contributed by atoms with Crippen LogP contribution in [0.2, 0.25) is 0 Å². The number of carbonyl (C=O) groups is 2. The van der Waals surface area contributed by atoms with Crippen LogP contribution in [0.1, 0.15) is 10.4 Å². The van der Waals surface area contributed by atoms with Crippen LogP contribution in [0.3, 0.4) is 0 Å². The first-order valence-electron chi connectivity index (χ1n) is 6.22. The molecule has 1 aliphatic heterocycles. The van der Waals surface area contributed by atoms with Gasteiger partial charge in [0.05, 0.1) is 30.4 Å². The van der Waals surface area contributed by atoms with E-state index >= 15 is 0 Å². The predicted molar refractivity (Wildman–Crippen MR) is 69.1 cm³/mol. The van der Waals surface area contributed by atoms with Crippen molar-refractivity contribution in [3.63, 3.8) is 0 Å². The van der Waals surface area contributed by atoms with Gasteiger partial charge in [-0.1, -0.05) is 0 Å². The molecule has 21 heavy (non-hydrogen) atoms. The molecule has 1 saturated heterocycles. The molecule has 0 saturated carbocycles. The molecule has 0 aliphatic carbocycles. The number of halogens is 2. The van der Waals surface area contributed by atoms with Crippen LogP contribution >= 0.6 is 0 Å². The number of carboxylic acids is 1. The molecule has 1 aromatic rings. The summed E-state index contributed by atoms with van der Waals surface area (Å²) in [6.45, 7) is 0.521. The van der Waals surface area contributed by atoms with Gasteiger partial charge in [-0.3, -0.25) is 4.79 Å². The Morgan fingerprint density at radius 2 is 2.00 bits per heavy atom. The second-order valence-corrected chi connectivity index (χ2v) is 4.65. The molecule has 2 unspecified atom stereocenters. The van der Waals surface area contributed by atoms with Gasteiger partial charge in [0.25, 0.3) is 0 Å². The average Bonchev–Trinajstić information content (AvgIpc) is 2.89. The number of amides is 1. The number of hydrogen-bond acceptors (Lipinski definition) is 4. The maximum atomic E-state index is 13.6. The Balaban J connectivity index is 2.21. The van der Waals surface area contributed by atoms with Gasteiger partial charge in [-0.15, -0.1) is 0 Å². The molecule has 1 fully saturated rings. The van der Waals surface area contributed by atoms with Crippen LogP contribution in [-0.2, 0) is 9.53 Å². The van der Waals surface area contributed by atoms with Crippen molar-refractivity contribution in [1.29, 1.82) is 0 Å². The number of rotatable bonds is 4. The van der Waals surface area contributed by atoms with Crippen LogP contribution < -0.4 is 10.6 Å². The minimum Gasteiger partial charge on any atom is -0.478 e. The fraction of sp³-hybridized carbons (Fsp3) is 0.385. The predicted octanol–water partition coefficient (Wildman–Crippen LogP) is 0.836. The largest absolute Gasteiger partial charge is 0.478 e. The summed E-state index contributed by atoms with van der Waals surface area (Å²) in [5.74, 6) is -4.83. The van der Waals surface area contributed by atoms with Gasteiger partial charge in [0.2, 0.25) is 5.91 Å². The molecular weight excluding hydrogens is 286 g/mol. The molecule has 1 aromatic carbocycles. The third kappa shape index (κ3) is 3.17. The van der Waals surface area contributed by atoms with Gasteiger partial charge in [0.1, 0.15) is 11.6 Å². The van der Waals surface area contributed by atoms with Gasteiger partial charge in [0, 0.05) is 12.1 Å². The van der Waals surface area contributed by atoms with Crippen molar-refractivity contribution >= 4 is 17.6 Å². The highest BCUT2D eigenvalue weighted by Crippen LogP contribution is 2.22. The number of likely N-dealkylation sites (N-methyl/N-ethyl adjacent to an activating group) is 1. The summed E-state index contributed by atoms with van der Waals surface area (Å²) >= 11 is 0. The Bertz CT molecular complexity index is 580. The van der Waals surface area contributed by atoms with Crippen molar-refractivity contribution in [3.05, 3.63) is 29.3 Å².